The van der Waals surface area contributed by atoms with Gasteiger partial charge in [-0.05, 0) is 12.5 Å². The summed E-state index contributed by atoms with van der Waals surface area (Å²) in [4.78, 5) is 10.7. The first-order valence-electron chi connectivity index (χ1n) is 6.78. The Bertz CT molecular complexity index is 601. The monoisotopic (exact) mass is 286 g/mol. The lowest BCUT2D eigenvalue weighted by atomic mass is 10.0. The molecule has 2 unspecified atom stereocenters. The molecule has 2 rings (SSSR count). The summed E-state index contributed by atoms with van der Waals surface area (Å²) in [6.45, 7) is 1.78. The molecular formula is C16H18N2O3. The lowest BCUT2D eigenvalue weighted by molar-refractivity contribution is -0.385. The molecule has 0 aliphatic rings. The van der Waals surface area contributed by atoms with Gasteiger partial charge in [0, 0.05) is 17.7 Å². The van der Waals surface area contributed by atoms with Crippen molar-refractivity contribution >= 4 is 5.69 Å². The Morgan fingerprint density at radius 1 is 1.14 bits per heavy atom. The highest BCUT2D eigenvalue weighted by Crippen LogP contribution is 2.26. The lowest BCUT2D eigenvalue weighted by Gasteiger charge is -2.22. The van der Waals surface area contributed by atoms with Crippen molar-refractivity contribution in [2.45, 2.75) is 19.0 Å². The highest BCUT2D eigenvalue weighted by Gasteiger charge is 2.21. The highest BCUT2D eigenvalue weighted by atomic mass is 16.6. The van der Waals surface area contributed by atoms with Crippen molar-refractivity contribution in [3.8, 4) is 0 Å². The van der Waals surface area contributed by atoms with E-state index in [-0.39, 0.29) is 29.3 Å². The first-order chi connectivity index (χ1) is 10.1. The molecule has 5 heteroatoms. The maximum atomic E-state index is 11.1. The molecule has 110 valence electrons. The molecule has 0 saturated carbocycles. The molecule has 0 amide bonds. The van der Waals surface area contributed by atoms with Crippen LogP contribution in [0.15, 0.2) is 54.6 Å². The van der Waals surface area contributed by atoms with E-state index in [1.165, 1.54) is 6.07 Å². The molecule has 2 aromatic rings. The van der Waals surface area contributed by atoms with Crippen molar-refractivity contribution in [2.75, 3.05) is 6.61 Å². The fourth-order valence-electron chi connectivity index (χ4n) is 2.35. The summed E-state index contributed by atoms with van der Waals surface area (Å²) in [5.41, 5.74) is 1.64. The van der Waals surface area contributed by atoms with Crippen LogP contribution in [0.1, 0.15) is 30.1 Å². The van der Waals surface area contributed by atoms with Crippen molar-refractivity contribution in [2.24, 2.45) is 0 Å². The zero-order chi connectivity index (χ0) is 15.2. The highest BCUT2D eigenvalue weighted by molar-refractivity contribution is 5.42. The number of hydrogen-bond donors (Lipinski definition) is 2. The number of aliphatic hydroxyl groups excluding tert-OH is 1. The van der Waals surface area contributed by atoms with Gasteiger partial charge in [0.2, 0.25) is 0 Å². The van der Waals surface area contributed by atoms with Crippen LogP contribution in [-0.4, -0.2) is 16.6 Å². The van der Waals surface area contributed by atoms with E-state index >= 15 is 0 Å². The number of para-hydroxylation sites is 1. The molecule has 2 aromatic carbocycles. The molecule has 0 fully saturated rings. The second kappa shape index (κ2) is 6.97. The van der Waals surface area contributed by atoms with Crippen molar-refractivity contribution in [3.05, 3.63) is 75.8 Å². The Hall–Kier alpha value is -2.24. The fraction of sp³-hybridized carbons (Fsp3) is 0.250. The van der Waals surface area contributed by atoms with Crippen LogP contribution in [0, 0.1) is 10.1 Å². The van der Waals surface area contributed by atoms with Gasteiger partial charge < -0.3 is 10.4 Å². The Balaban J connectivity index is 2.21. The summed E-state index contributed by atoms with van der Waals surface area (Å²) in [6.07, 6.45) is 0. The van der Waals surface area contributed by atoms with E-state index in [4.69, 9.17) is 0 Å². The molecule has 0 aliphatic heterocycles. The van der Waals surface area contributed by atoms with E-state index in [1.54, 1.807) is 18.2 Å². The smallest absolute Gasteiger partial charge is 0.274 e. The largest absolute Gasteiger partial charge is 0.394 e. The van der Waals surface area contributed by atoms with Crippen LogP contribution in [-0.2, 0) is 0 Å². The van der Waals surface area contributed by atoms with Crippen molar-refractivity contribution < 1.29 is 10.0 Å². The third-order valence-electron chi connectivity index (χ3n) is 3.44. The number of rotatable bonds is 6. The topological polar surface area (TPSA) is 75.4 Å². The van der Waals surface area contributed by atoms with Crippen molar-refractivity contribution in [1.82, 2.24) is 5.32 Å². The summed E-state index contributed by atoms with van der Waals surface area (Å²) in [6, 6.07) is 15.7. The third kappa shape index (κ3) is 3.65. The number of nitrogens with zero attached hydrogens (tertiary/aromatic N) is 1. The van der Waals surface area contributed by atoms with E-state index in [9.17, 15) is 15.2 Å². The quantitative estimate of drug-likeness (QED) is 0.632. The summed E-state index contributed by atoms with van der Waals surface area (Å²) < 4.78 is 0. The summed E-state index contributed by atoms with van der Waals surface area (Å²) in [5, 5.41) is 23.9. The third-order valence-corrected chi connectivity index (χ3v) is 3.44. The fourth-order valence-corrected chi connectivity index (χ4v) is 2.35. The van der Waals surface area contributed by atoms with Crippen molar-refractivity contribution in [1.29, 1.82) is 0 Å². The molecule has 0 saturated heterocycles. The number of hydrogen-bond acceptors (Lipinski definition) is 4. The van der Waals surface area contributed by atoms with E-state index in [1.807, 2.05) is 37.3 Å². The standard InChI is InChI=1S/C16H18N2O3/c1-12(14-9-5-6-10-16(14)18(20)21)17-15(11-19)13-7-3-2-4-8-13/h2-10,12,15,17,19H,11H2,1H3. The van der Waals surface area contributed by atoms with Gasteiger partial charge in [0.15, 0.2) is 0 Å². The molecule has 5 nitrogen and oxygen atoms in total. The Kier molecular flexibility index (Phi) is 5.03. The number of nitro benzene ring substituents is 1. The van der Waals surface area contributed by atoms with Gasteiger partial charge in [-0.15, -0.1) is 0 Å². The zero-order valence-corrected chi connectivity index (χ0v) is 11.8. The van der Waals surface area contributed by atoms with Crippen LogP contribution < -0.4 is 5.32 Å². The van der Waals surface area contributed by atoms with Crippen LogP contribution in [0.5, 0.6) is 0 Å². The molecule has 0 radical (unpaired) electrons. The summed E-state index contributed by atoms with van der Waals surface area (Å²) >= 11 is 0. The normalized spacial score (nSPS) is 13.6. The van der Waals surface area contributed by atoms with Gasteiger partial charge in [0.05, 0.1) is 17.6 Å². The second-order valence-electron chi connectivity index (χ2n) is 4.85. The van der Waals surface area contributed by atoms with Crippen LogP contribution in [0.2, 0.25) is 0 Å². The predicted octanol–water partition coefficient (Wildman–Crippen LogP) is 2.98. The second-order valence-corrected chi connectivity index (χ2v) is 4.85. The maximum Gasteiger partial charge on any atom is 0.274 e. The van der Waals surface area contributed by atoms with Crippen LogP contribution in [0.4, 0.5) is 5.69 Å². The molecule has 0 aliphatic carbocycles. The number of nitrogens with one attached hydrogen (secondary N) is 1. The van der Waals surface area contributed by atoms with Crippen LogP contribution in [0.25, 0.3) is 0 Å². The minimum absolute atomic E-state index is 0.0744. The average molecular weight is 286 g/mol. The van der Waals surface area contributed by atoms with Crippen LogP contribution >= 0.6 is 0 Å². The number of benzene rings is 2. The van der Waals surface area contributed by atoms with Gasteiger partial charge in [-0.2, -0.15) is 0 Å². The number of nitro groups is 1. The van der Waals surface area contributed by atoms with Crippen molar-refractivity contribution in [3.63, 3.8) is 0 Å². The SMILES string of the molecule is CC(NC(CO)c1ccccc1)c1ccccc1[N+](=O)[O-]. The van der Waals surface area contributed by atoms with Gasteiger partial charge in [0.25, 0.3) is 5.69 Å². The first-order valence-corrected chi connectivity index (χ1v) is 6.78. The summed E-state index contributed by atoms with van der Waals surface area (Å²) in [5.74, 6) is 0. The molecule has 2 atom stereocenters. The average Bonchev–Trinajstić information content (AvgIpc) is 2.53. The predicted molar refractivity (Wildman–Crippen MR) is 80.9 cm³/mol. The van der Waals surface area contributed by atoms with E-state index in [0.717, 1.165) is 5.56 Å². The molecular weight excluding hydrogens is 268 g/mol. The van der Waals surface area contributed by atoms with Gasteiger partial charge in [0.1, 0.15) is 0 Å². The minimum atomic E-state index is -0.385. The number of aliphatic hydroxyl groups is 1. The van der Waals surface area contributed by atoms with Gasteiger partial charge in [-0.3, -0.25) is 10.1 Å². The Morgan fingerprint density at radius 3 is 2.38 bits per heavy atom. The first kappa shape index (κ1) is 15.2. The Labute approximate surface area is 123 Å². The summed E-state index contributed by atoms with van der Waals surface area (Å²) in [7, 11) is 0. The molecule has 2 N–H and O–H groups in total. The van der Waals surface area contributed by atoms with E-state index < -0.39 is 0 Å². The van der Waals surface area contributed by atoms with Crippen LogP contribution in [0.3, 0.4) is 0 Å². The van der Waals surface area contributed by atoms with Gasteiger partial charge in [-0.25, -0.2) is 0 Å². The molecule has 0 bridgehead atoms. The van der Waals surface area contributed by atoms with Gasteiger partial charge >= 0.3 is 0 Å². The minimum Gasteiger partial charge on any atom is -0.394 e. The molecule has 21 heavy (non-hydrogen) atoms. The van der Waals surface area contributed by atoms with E-state index in [0.29, 0.717) is 5.56 Å². The molecule has 0 heterocycles. The zero-order valence-electron chi connectivity index (χ0n) is 11.8. The molecule has 0 aromatic heterocycles. The Morgan fingerprint density at radius 2 is 1.76 bits per heavy atom. The van der Waals surface area contributed by atoms with Gasteiger partial charge in [-0.1, -0.05) is 48.5 Å². The maximum absolute atomic E-state index is 11.1. The van der Waals surface area contributed by atoms with E-state index in [2.05, 4.69) is 5.32 Å². The molecule has 0 spiro atoms. The lowest BCUT2D eigenvalue weighted by Crippen LogP contribution is -2.27.